The second kappa shape index (κ2) is 7.71. The number of carbonyl (C=O) groups excluding carboxylic acids is 2. The number of ketones is 2. The Bertz CT molecular complexity index is 1200. The van der Waals surface area contributed by atoms with Gasteiger partial charge in [0.15, 0.2) is 11.6 Å². The Balaban J connectivity index is 0.00000336. The molecule has 5 aliphatic carbocycles. The Morgan fingerprint density at radius 2 is 1.70 bits per heavy atom. The first-order valence-corrected chi connectivity index (χ1v) is 14.2. The van der Waals surface area contributed by atoms with Crippen LogP contribution in [0.1, 0.15) is 94.8 Å². The fourth-order valence-electron chi connectivity index (χ4n) is 10.3. The Labute approximate surface area is 225 Å². The van der Waals surface area contributed by atoms with Gasteiger partial charge in [-0.05, 0) is 79.1 Å². The molecular weight excluding hydrogens is 458 g/mol. The highest BCUT2D eigenvalue weighted by molar-refractivity contribution is 6.03. The summed E-state index contributed by atoms with van der Waals surface area (Å²) in [4.78, 5) is 31.3. The minimum atomic E-state index is -0.627. The van der Waals surface area contributed by atoms with Crippen molar-refractivity contribution in [2.45, 2.75) is 93.4 Å². The molecule has 5 aliphatic rings. The van der Waals surface area contributed by atoms with Crippen LogP contribution in [0.15, 0.2) is 35.8 Å². The second-order valence-corrected chi connectivity index (χ2v) is 15.0. The molecule has 1 unspecified atom stereocenters. The van der Waals surface area contributed by atoms with Crippen molar-refractivity contribution in [3.05, 3.63) is 47.2 Å². The van der Waals surface area contributed by atoms with Crippen LogP contribution in [0, 0.1) is 56.8 Å². The largest absolute Gasteiger partial charge is 1.00 e. The van der Waals surface area contributed by atoms with E-state index in [1.54, 1.807) is 7.11 Å². The highest BCUT2D eigenvalue weighted by Gasteiger charge is 2.70. The highest BCUT2D eigenvalue weighted by atomic mass is 16.5. The fourth-order valence-corrected chi connectivity index (χ4v) is 10.3. The Morgan fingerprint density at radius 1 is 1.05 bits per heavy atom. The molecule has 0 radical (unpaired) electrons. The molecule has 5 rings (SSSR count). The minimum Gasteiger partial charge on any atom is -1.00 e. The molecule has 0 aromatic carbocycles. The summed E-state index contributed by atoms with van der Waals surface area (Å²) in [7, 11) is 1.74. The van der Waals surface area contributed by atoms with Gasteiger partial charge in [-0.1, -0.05) is 66.7 Å². The van der Waals surface area contributed by atoms with Crippen LogP contribution in [-0.2, 0) is 14.3 Å². The van der Waals surface area contributed by atoms with Gasteiger partial charge in [0.2, 0.25) is 5.70 Å². The summed E-state index contributed by atoms with van der Waals surface area (Å²) in [5.74, 6) is 1.24. The minimum absolute atomic E-state index is 0. The molecule has 0 aromatic heterocycles. The first-order chi connectivity index (χ1) is 17.0. The van der Waals surface area contributed by atoms with Crippen molar-refractivity contribution in [1.29, 1.82) is 0 Å². The van der Waals surface area contributed by atoms with Crippen molar-refractivity contribution < 1.29 is 15.8 Å². The smallest absolute Gasteiger partial charge is 0.226 e. The summed E-state index contributed by atoms with van der Waals surface area (Å²) in [6.07, 6.45) is 10.9. The molecule has 3 saturated carbocycles. The number of hydrogen-bond acceptors (Lipinski definition) is 3. The zero-order valence-electron chi connectivity index (χ0n) is 25.2. The number of Topliss-reactive ketones (excluding diaryl/α,β-unsaturated/α-hetero) is 1. The number of nitrogens with zero attached hydrogens (tertiary/aromatic N) is 1. The maximum absolute atomic E-state index is 14.4. The number of hydrogen-bond donors (Lipinski definition) is 0. The van der Waals surface area contributed by atoms with Crippen LogP contribution in [0.4, 0.5) is 0 Å². The van der Waals surface area contributed by atoms with Crippen LogP contribution in [0.2, 0.25) is 0 Å². The average Bonchev–Trinajstić information content (AvgIpc) is 2.82. The lowest BCUT2D eigenvalue weighted by atomic mass is 9.34. The van der Waals surface area contributed by atoms with E-state index in [0.29, 0.717) is 0 Å². The van der Waals surface area contributed by atoms with Gasteiger partial charge in [0, 0.05) is 22.2 Å². The monoisotopic (exact) mass is 504 g/mol. The van der Waals surface area contributed by atoms with Crippen LogP contribution in [-0.4, -0.2) is 18.7 Å². The molecule has 0 aliphatic heterocycles. The molecule has 7 atom stereocenters. The summed E-state index contributed by atoms with van der Waals surface area (Å²) >= 11 is 0. The molecule has 0 spiro atoms. The van der Waals surface area contributed by atoms with Crippen LogP contribution in [0.3, 0.4) is 0 Å². The van der Waals surface area contributed by atoms with Gasteiger partial charge in [-0.15, -0.1) is 0 Å². The van der Waals surface area contributed by atoms with Gasteiger partial charge in [-0.25, -0.2) is 4.85 Å². The summed E-state index contributed by atoms with van der Waals surface area (Å²) in [5, 5.41) is 0. The van der Waals surface area contributed by atoms with E-state index in [1.165, 1.54) is 0 Å². The van der Waals surface area contributed by atoms with Gasteiger partial charge >= 0.3 is 0 Å². The third-order valence-corrected chi connectivity index (χ3v) is 12.6. The van der Waals surface area contributed by atoms with E-state index in [9.17, 15) is 9.59 Å². The topological polar surface area (TPSA) is 47.7 Å². The molecule has 4 heteroatoms. The van der Waals surface area contributed by atoms with Gasteiger partial charge in [-0.3, -0.25) is 4.79 Å². The molecule has 0 saturated heterocycles. The van der Waals surface area contributed by atoms with Gasteiger partial charge < -0.3 is 11.0 Å². The SMILES string of the molecule is [C-]#[N+]C1=C[C@]2(C)C3=CC(=O)[C@@H]4[C@@H]5CC(C)(C)CC[C@]5(C(=C)OC)CC[C@@]4(C)[C@]3(C)CCC2C(C)(C)C1=O.[H-]. The first kappa shape index (κ1) is 26.5. The Hall–Kier alpha value is -2.15. The average molecular weight is 505 g/mol. The van der Waals surface area contributed by atoms with Crippen molar-refractivity contribution >= 4 is 11.6 Å². The predicted octanol–water partition coefficient (Wildman–Crippen LogP) is 7.83. The maximum Gasteiger partial charge on any atom is 0.226 e. The highest BCUT2D eigenvalue weighted by Crippen LogP contribution is 2.75. The molecular formula is C33H46NO3-. The van der Waals surface area contributed by atoms with E-state index in [1.807, 2.05) is 26.0 Å². The molecule has 4 nitrogen and oxygen atoms in total. The van der Waals surface area contributed by atoms with Crippen molar-refractivity contribution in [2.75, 3.05) is 7.11 Å². The van der Waals surface area contributed by atoms with Crippen molar-refractivity contribution in [1.82, 2.24) is 0 Å². The van der Waals surface area contributed by atoms with Crippen LogP contribution < -0.4 is 0 Å². The Morgan fingerprint density at radius 3 is 2.32 bits per heavy atom. The van der Waals surface area contributed by atoms with Crippen molar-refractivity contribution in [3.8, 4) is 0 Å². The summed E-state index contributed by atoms with van der Waals surface area (Å²) < 4.78 is 5.85. The number of rotatable bonds is 2. The predicted molar refractivity (Wildman–Crippen MR) is 147 cm³/mol. The Kier molecular flexibility index (Phi) is 5.51. The van der Waals surface area contributed by atoms with E-state index in [0.717, 1.165) is 56.3 Å². The van der Waals surface area contributed by atoms with Gasteiger partial charge in [0.05, 0.1) is 19.4 Å². The normalized spacial score (nSPS) is 45.6. The number of carbonyl (C=O) groups is 2. The van der Waals surface area contributed by atoms with Crippen LogP contribution in [0.5, 0.6) is 0 Å². The van der Waals surface area contributed by atoms with Crippen LogP contribution in [0.25, 0.3) is 4.85 Å². The van der Waals surface area contributed by atoms with E-state index >= 15 is 0 Å². The molecule has 3 fully saturated rings. The van der Waals surface area contributed by atoms with E-state index in [4.69, 9.17) is 11.3 Å². The summed E-state index contributed by atoms with van der Waals surface area (Å²) in [5.41, 5.74) is -0.0624. The lowest BCUT2D eigenvalue weighted by molar-refractivity contribution is -0.170. The van der Waals surface area contributed by atoms with Gasteiger partial charge in [0.1, 0.15) is 0 Å². The number of ether oxygens (including phenoxy) is 1. The standard InChI is InChI=1S/C33H45NO3.H/c1-20(37-10)33-15-13-28(2,3)18-21(33)26-23(35)17-25-30(6)19-22(34-9)27(36)29(4,5)24(30)11-12-31(25,7)32(26,8)14-16-33;/h17,19,21,24,26H,1,11-16,18H2,2-8,10H3;/q;-1/t21-,24?,26-,30-,31+,32+,33+;/m0./s1. The van der Waals surface area contributed by atoms with E-state index in [2.05, 4.69) is 46.0 Å². The summed E-state index contributed by atoms with van der Waals surface area (Å²) in [6.45, 7) is 27.8. The fraction of sp³-hybridized carbons (Fsp3) is 0.727. The van der Waals surface area contributed by atoms with Gasteiger partial charge in [0.25, 0.3) is 0 Å². The molecule has 0 N–H and O–H groups in total. The zero-order valence-corrected chi connectivity index (χ0v) is 24.2. The van der Waals surface area contributed by atoms with E-state index < -0.39 is 10.8 Å². The number of allylic oxidation sites excluding steroid dienone is 5. The maximum atomic E-state index is 14.4. The zero-order chi connectivity index (χ0) is 27.4. The summed E-state index contributed by atoms with van der Waals surface area (Å²) in [6, 6.07) is 0. The molecule has 202 valence electrons. The van der Waals surface area contributed by atoms with Gasteiger partial charge in [-0.2, -0.15) is 0 Å². The van der Waals surface area contributed by atoms with Crippen LogP contribution >= 0.6 is 0 Å². The van der Waals surface area contributed by atoms with Crippen molar-refractivity contribution in [2.24, 2.45) is 50.2 Å². The quantitative estimate of drug-likeness (QED) is 0.284. The molecule has 0 heterocycles. The third kappa shape index (κ3) is 3.12. The second-order valence-electron chi connectivity index (χ2n) is 15.0. The lowest BCUT2D eigenvalue weighted by Gasteiger charge is -2.69. The molecule has 37 heavy (non-hydrogen) atoms. The molecule has 0 aromatic rings. The molecule has 0 amide bonds. The number of fused-ring (bicyclic) bond motifs is 7. The third-order valence-electron chi connectivity index (χ3n) is 12.6. The first-order valence-electron chi connectivity index (χ1n) is 14.2. The number of methoxy groups -OCH3 is 1. The van der Waals surface area contributed by atoms with E-state index in [-0.39, 0.29) is 58.1 Å². The lowest BCUT2D eigenvalue weighted by Crippen LogP contribution is -2.65. The van der Waals surface area contributed by atoms with Crippen molar-refractivity contribution in [3.63, 3.8) is 0 Å². The molecule has 0 bridgehead atoms.